The number of para-hydroxylation sites is 2. The van der Waals surface area contributed by atoms with E-state index in [1.165, 1.54) is 4.57 Å². The van der Waals surface area contributed by atoms with Gasteiger partial charge in [0.25, 0.3) is 5.56 Å². The second-order valence-electron chi connectivity index (χ2n) is 6.17. The lowest BCUT2D eigenvalue weighted by Crippen LogP contribution is -2.28. The molecular formula is C21H22N2O3. The number of hydrogen-bond donors (Lipinski definition) is 1. The summed E-state index contributed by atoms with van der Waals surface area (Å²) < 4.78 is 6.89. The van der Waals surface area contributed by atoms with Gasteiger partial charge in [0.05, 0.1) is 12.6 Å². The number of pyridine rings is 1. The van der Waals surface area contributed by atoms with Crippen LogP contribution in [0.2, 0.25) is 0 Å². The van der Waals surface area contributed by atoms with E-state index in [9.17, 15) is 9.59 Å². The lowest BCUT2D eigenvalue weighted by Gasteiger charge is -2.15. The largest absolute Gasteiger partial charge is 0.495 e. The first kappa shape index (κ1) is 17.7. The maximum Gasteiger partial charge on any atom is 0.251 e. The number of nitrogens with zero attached hydrogens (tertiary/aromatic N) is 1. The fourth-order valence-electron chi connectivity index (χ4n) is 3.18. The third kappa shape index (κ3) is 3.33. The molecule has 26 heavy (non-hydrogen) atoms. The number of aryl methyl sites for hydroxylation is 2. The van der Waals surface area contributed by atoms with Crippen LogP contribution < -0.4 is 15.6 Å². The maximum absolute atomic E-state index is 12.6. The van der Waals surface area contributed by atoms with Crippen molar-refractivity contribution in [3.8, 4) is 5.75 Å². The number of rotatable bonds is 5. The molecule has 0 aliphatic carbocycles. The summed E-state index contributed by atoms with van der Waals surface area (Å²) in [5.41, 5.74) is 3.10. The Hall–Kier alpha value is -3.08. The Morgan fingerprint density at radius 1 is 1.15 bits per heavy atom. The van der Waals surface area contributed by atoms with Crippen LogP contribution in [0.5, 0.6) is 5.75 Å². The molecule has 0 spiro atoms. The Bertz CT molecular complexity index is 1020. The fourth-order valence-corrected chi connectivity index (χ4v) is 3.18. The van der Waals surface area contributed by atoms with Gasteiger partial charge >= 0.3 is 0 Å². The van der Waals surface area contributed by atoms with E-state index < -0.39 is 0 Å². The molecule has 0 bridgehead atoms. The zero-order valence-corrected chi connectivity index (χ0v) is 15.2. The van der Waals surface area contributed by atoms with E-state index in [2.05, 4.69) is 5.32 Å². The monoisotopic (exact) mass is 350 g/mol. The number of hydrogen-bond acceptors (Lipinski definition) is 3. The van der Waals surface area contributed by atoms with Crippen molar-refractivity contribution in [2.45, 2.75) is 26.8 Å². The van der Waals surface area contributed by atoms with E-state index in [-0.39, 0.29) is 18.0 Å². The van der Waals surface area contributed by atoms with E-state index in [4.69, 9.17) is 4.74 Å². The predicted molar refractivity (Wildman–Crippen MR) is 104 cm³/mol. The van der Waals surface area contributed by atoms with Gasteiger partial charge < -0.3 is 10.1 Å². The highest BCUT2D eigenvalue weighted by molar-refractivity contribution is 5.94. The molecule has 134 valence electrons. The number of ether oxygens (including phenoxy) is 1. The van der Waals surface area contributed by atoms with Crippen molar-refractivity contribution in [2.75, 3.05) is 12.4 Å². The molecular weight excluding hydrogens is 328 g/mol. The highest BCUT2D eigenvalue weighted by atomic mass is 16.5. The lowest BCUT2D eigenvalue weighted by atomic mass is 10.1. The second-order valence-corrected chi connectivity index (χ2v) is 6.17. The number of carbonyl (C=O) groups is 1. The third-order valence-corrected chi connectivity index (χ3v) is 4.49. The summed E-state index contributed by atoms with van der Waals surface area (Å²) in [7, 11) is 1.56. The highest BCUT2D eigenvalue weighted by Gasteiger charge is 2.14. The minimum atomic E-state index is -0.246. The van der Waals surface area contributed by atoms with Crippen molar-refractivity contribution >= 4 is 22.5 Å². The number of aromatic nitrogens is 1. The Kier molecular flexibility index (Phi) is 5.07. The van der Waals surface area contributed by atoms with Gasteiger partial charge in [-0.25, -0.2) is 0 Å². The minimum absolute atomic E-state index is 0.0754. The molecule has 0 atom stereocenters. The SMILES string of the molecule is CCc1ccccc1NC(=O)Cn1c(=O)cc(C)c2cccc(OC)c21. The molecule has 0 aliphatic heterocycles. The Morgan fingerprint density at radius 3 is 2.65 bits per heavy atom. The molecule has 0 saturated heterocycles. The number of methoxy groups -OCH3 is 1. The normalized spacial score (nSPS) is 10.7. The molecule has 0 radical (unpaired) electrons. The number of fused-ring (bicyclic) bond motifs is 1. The van der Waals surface area contributed by atoms with Crippen LogP contribution in [-0.2, 0) is 17.8 Å². The Morgan fingerprint density at radius 2 is 1.92 bits per heavy atom. The van der Waals surface area contributed by atoms with Gasteiger partial charge in [-0.2, -0.15) is 0 Å². The molecule has 1 N–H and O–H groups in total. The quantitative estimate of drug-likeness (QED) is 0.766. The van der Waals surface area contributed by atoms with E-state index in [1.807, 2.05) is 50.2 Å². The van der Waals surface area contributed by atoms with Crippen molar-refractivity contribution in [1.29, 1.82) is 0 Å². The summed E-state index contributed by atoms with van der Waals surface area (Å²) in [6.07, 6.45) is 0.817. The Labute approximate surface area is 152 Å². The zero-order chi connectivity index (χ0) is 18.7. The van der Waals surface area contributed by atoms with Crippen LogP contribution in [-0.4, -0.2) is 17.6 Å². The number of benzene rings is 2. The lowest BCUT2D eigenvalue weighted by molar-refractivity contribution is -0.116. The van der Waals surface area contributed by atoms with Crippen molar-refractivity contribution in [3.63, 3.8) is 0 Å². The summed E-state index contributed by atoms with van der Waals surface area (Å²) in [6.45, 7) is 3.84. The van der Waals surface area contributed by atoms with Gasteiger partial charge in [0.2, 0.25) is 5.91 Å². The molecule has 1 heterocycles. The van der Waals surface area contributed by atoms with Crippen molar-refractivity contribution in [1.82, 2.24) is 4.57 Å². The van der Waals surface area contributed by atoms with Gasteiger partial charge in [-0.05, 0) is 36.6 Å². The standard InChI is InChI=1S/C21H22N2O3/c1-4-15-8-5-6-10-17(15)22-19(24)13-23-20(25)12-14(2)16-9-7-11-18(26-3)21(16)23/h5-12H,4,13H2,1-3H3,(H,22,24). The third-order valence-electron chi connectivity index (χ3n) is 4.49. The van der Waals surface area contributed by atoms with Gasteiger partial charge in [0.1, 0.15) is 12.3 Å². The summed E-state index contributed by atoms with van der Waals surface area (Å²) in [5, 5.41) is 3.81. The summed E-state index contributed by atoms with van der Waals surface area (Å²) in [5.74, 6) is 0.328. The van der Waals surface area contributed by atoms with Gasteiger partial charge in [-0.15, -0.1) is 0 Å². The zero-order valence-electron chi connectivity index (χ0n) is 15.2. The molecule has 1 aromatic heterocycles. The van der Waals surface area contributed by atoms with Crippen molar-refractivity contribution in [2.24, 2.45) is 0 Å². The minimum Gasteiger partial charge on any atom is -0.495 e. The van der Waals surface area contributed by atoms with Crippen LogP contribution in [0, 0.1) is 6.92 Å². The molecule has 5 heteroatoms. The molecule has 0 fully saturated rings. The van der Waals surface area contributed by atoms with Crippen LogP contribution in [0.15, 0.2) is 53.3 Å². The topological polar surface area (TPSA) is 60.3 Å². The summed E-state index contributed by atoms with van der Waals surface area (Å²) in [4.78, 5) is 25.2. The van der Waals surface area contributed by atoms with Crippen molar-refractivity contribution < 1.29 is 9.53 Å². The summed E-state index contributed by atoms with van der Waals surface area (Å²) >= 11 is 0. The number of nitrogens with one attached hydrogen (secondary N) is 1. The average molecular weight is 350 g/mol. The van der Waals surface area contributed by atoms with Gasteiger partial charge in [-0.1, -0.05) is 37.3 Å². The maximum atomic E-state index is 12.6. The molecule has 3 rings (SSSR count). The number of amides is 1. The van der Waals surface area contributed by atoms with E-state index in [0.717, 1.165) is 28.6 Å². The molecule has 1 amide bonds. The second kappa shape index (κ2) is 7.44. The highest BCUT2D eigenvalue weighted by Crippen LogP contribution is 2.26. The van der Waals surface area contributed by atoms with Crippen LogP contribution in [0.1, 0.15) is 18.1 Å². The smallest absolute Gasteiger partial charge is 0.251 e. The molecule has 5 nitrogen and oxygen atoms in total. The number of anilines is 1. The number of carbonyl (C=O) groups excluding carboxylic acids is 1. The first-order valence-electron chi connectivity index (χ1n) is 8.60. The first-order chi connectivity index (χ1) is 12.5. The van der Waals surface area contributed by atoms with E-state index >= 15 is 0 Å². The molecule has 0 saturated carbocycles. The Balaban J connectivity index is 2.01. The molecule has 2 aromatic carbocycles. The average Bonchev–Trinajstić information content (AvgIpc) is 2.65. The van der Waals surface area contributed by atoms with E-state index in [1.54, 1.807) is 19.2 Å². The van der Waals surface area contributed by atoms with Crippen molar-refractivity contribution in [3.05, 3.63) is 70.0 Å². The molecule has 3 aromatic rings. The fraction of sp³-hybridized carbons (Fsp3) is 0.238. The van der Waals surface area contributed by atoms with Gasteiger partial charge in [0, 0.05) is 17.1 Å². The van der Waals surface area contributed by atoms with Gasteiger partial charge in [0.15, 0.2) is 0 Å². The van der Waals surface area contributed by atoms with Crippen LogP contribution in [0.3, 0.4) is 0 Å². The van der Waals surface area contributed by atoms with Crippen LogP contribution in [0.25, 0.3) is 10.9 Å². The molecule has 0 aliphatic rings. The van der Waals surface area contributed by atoms with Gasteiger partial charge in [-0.3, -0.25) is 14.2 Å². The van der Waals surface area contributed by atoms with Crippen LogP contribution >= 0.6 is 0 Å². The molecule has 0 unspecified atom stereocenters. The summed E-state index contributed by atoms with van der Waals surface area (Å²) in [6, 6.07) is 14.8. The van der Waals surface area contributed by atoms with Crippen LogP contribution in [0.4, 0.5) is 5.69 Å². The first-order valence-corrected chi connectivity index (χ1v) is 8.60. The predicted octanol–water partition coefficient (Wildman–Crippen LogP) is 3.52. The van der Waals surface area contributed by atoms with E-state index in [0.29, 0.717) is 11.3 Å².